The summed E-state index contributed by atoms with van der Waals surface area (Å²) in [6.45, 7) is 6.22. The molecule has 1 aromatic rings. The van der Waals surface area contributed by atoms with E-state index in [1.807, 2.05) is 36.4 Å². The van der Waals surface area contributed by atoms with Gasteiger partial charge in [-0.05, 0) is 54.6 Å². The predicted molar refractivity (Wildman–Crippen MR) is 78.9 cm³/mol. The molecule has 0 aliphatic heterocycles. The maximum absolute atomic E-state index is 12.2. The molecule has 0 aromatic heterocycles. The van der Waals surface area contributed by atoms with Gasteiger partial charge >= 0.3 is 0 Å². The second kappa shape index (κ2) is 7.58. The summed E-state index contributed by atoms with van der Waals surface area (Å²) in [6, 6.07) is 4.97. The van der Waals surface area contributed by atoms with Crippen molar-refractivity contribution in [2.45, 2.75) is 13.8 Å². The molecule has 0 saturated heterocycles. The van der Waals surface area contributed by atoms with E-state index < -0.39 is 0 Å². The zero-order valence-electron chi connectivity index (χ0n) is 10.6. The lowest BCUT2D eigenvalue weighted by Crippen LogP contribution is -2.33. The number of carbonyl (C=O) groups is 1. The number of phenols is 1. The summed E-state index contributed by atoms with van der Waals surface area (Å²) < 4.78 is 5.99. The van der Waals surface area contributed by atoms with Gasteiger partial charge in [-0.2, -0.15) is 0 Å². The molecule has 0 heterocycles. The number of hydrogen-bond donors (Lipinski definition) is 1. The van der Waals surface area contributed by atoms with E-state index in [4.69, 9.17) is 4.74 Å². The molecule has 0 bridgehead atoms. The van der Waals surface area contributed by atoms with Gasteiger partial charge in [-0.15, -0.1) is 0 Å². The fourth-order valence-electron chi connectivity index (χ4n) is 1.55. The van der Waals surface area contributed by atoms with Gasteiger partial charge in [0.15, 0.2) is 0 Å². The topological polar surface area (TPSA) is 49.8 Å². The van der Waals surface area contributed by atoms with Crippen LogP contribution in [0.5, 0.6) is 5.75 Å². The summed E-state index contributed by atoms with van der Waals surface area (Å²) >= 11 is 2.02. The number of aromatic hydroxyl groups is 1. The van der Waals surface area contributed by atoms with Crippen LogP contribution in [0.25, 0.3) is 0 Å². The average molecular weight is 363 g/mol. The smallest absolute Gasteiger partial charge is 0.254 e. The molecule has 1 rings (SSSR count). The second-order valence-electron chi connectivity index (χ2n) is 3.75. The summed E-state index contributed by atoms with van der Waals surface area (Å²) in [5.41, 5.74) is 0.506. The van der Waals surface area contributed by atoms with E-state index in [0.29, 0.717) is 31.9 Å². The Balaban J connectivity index is 2.73. The maximum Gasteiger partial charge on any atom is 0.254 e. The predicted octanol–water partition coefficient (Wildman–Crippen LogP) is 2.50. The molecule has 18 heavy (non-hydrogen) atoms. The summed E-state index contributed by atoms with van der Waals surface area (Å²) in [5, 5.41) is 9.61. The Kier molecular flexibility index (Phi) is 6.42. The van der Waals surface area contributed by atoms with Crippen LogP contribution in [0, 0.1) is 3.57 Å². The first-order valence-electron chi connectivity index (χ1n) is 5.95. The molecule has 0 radical (unpaired) electrons. The molecule has 0 atom stereocenters. The highest BCUT2D eigenvalue weighted by molar-refractivity contribution is 14.1. The maximum atomic E-state index is 12.2. The van der Waals surface area contributed by atoms with Crippen molar-refractivity contribution < 1.29 is 14.6 Å². The van der Waals surface area contributed by atoms with Crippen molar-refractivity contribution >= 4 is 28.5 Å². The van der Waals surface area contributed by atoms with Gasteiger partial charge in [0.05, 0.1) is 10.2 Å². The van der Waals surface area contributed by atoms with Gasteiger partial charge in [0.2, 0.25) is 0 Å². The zero-order chi connectivity index (χ0) is 13.5. The van der Waals surface area contributed by atoms with E-state index in [1.54, 1.807) is 17.0 Å². The Morgan fingerprint density at radius 2 is 2.17 bits per heavy atom. The van der Waals surface area contributed by atoms with Gasteiger partial charge in [0.25, 0.3) is 5.91 Å². The first-order valence-corrected chi connectivity index (χ1v) is 7.03. The number of nitrogens with zero attached hydrogens (tertiary/aromatic N) is 1. The second-order valence-corrected chi connectivity index (χ2v) is 4.91. The SMILES string of the molecule is CCOCCN(CC)C(=O)c1ccc(I)c(O)c1. The van der Waals surface area contributed by atoms with E-state index in [-0.39, 0.29) is 11.7 Å². The molecule has 1 amide bonds. The molecule has 0 aliphatic carbocycles. The van der Waals surface area contributed by atoms with Crippen LogP contribution < -0.4 is 0 Å². The van der Waals surface area contributed by atoms with Crippen molar-refractivity contribution in [2.75, 3.05) is 26.3 Å². The fourth-order valence-corrected chi connectivity index (χ4v) is 1.89. The third-order valence-electron chi connectivity index (χ3n) is 2.57. The highest BCUT2D eigenvalue weighted by Gasteiger charge is 2.15. The number of halogens is 1. The van der Waals surface area contributed by atoms with E-state index in [1.165, 1.54) is 6.07 Å². The van der Waals surface area contributed by atoms with Crippen molar-refractivity contribution in [1.82, 2.24) is 4.90 Å². The van der Waals surface area contributed by atoms with E-state index in [9.17, 15) is 9.90 Å². The Labute approximate surface area is 121 Å². The van der Waals surface area contributed by atoms with Gasteiger partial charge in [-0.1, -0.05) is 0 Å². The third kappa shape index (κ3) is 4.13. The van der Waals surface area contributed by atoms with Crippen LogP contribution in [0.4, 0.5) is 0 Å². The molecule has 1 aromatic carbocycles. The number of phenolic OH excluding ortho intramolecular Hbond substituents is 1. The number of hydrogen-bond acceptors (Lipinski definition) is 3. The van der Waals surface area contributed by atoms with Crippen molar-refractivity contribution in [3.05, 3.63) is 27.3 Å². The Hall–Kier alpha value is -0.820. The lowest BCUT2D eigenvalue weighted by molar-refractivity contribution is 0.0669. The largest absolute Gasteiger partial charge is 0.507 e. The molecular weight excluding hydrogens is 345 g/mol. The van der Waals surface area contributed by atoms with Gasteiger partial charge < -0.3 is 14.7 Å². The molecule has 0 fully saturated rings. The van der Waals surface area contributed by atoms with Crippen LogP contribution >= 0.6 is 22.6 Å². The van der Waals surface area contributed by atoms with Crippen LogP contribution in [-0.2, 0) is 4.74 Å². The van der Waals surface area contributed by atoms with Gasteiger partial charge in [0.1, 0.15) is 5.75 Å². The van der Waals surface area contributed by atoms with Crippen molar-refractivity contribution in [3.63, 3.8) is 0 Å². The molecule has 100 valence electrons. The van der Waals surface area contributed by atoms with E-state index >= 15 is 0 Å². The van der Waals surface area contributed by atoms with Gasteiger partial charge in [0, 0.05) is 25.3 Å². The number of ether oxygens (including phenoxy) is 1. The number of amides is 1. The molecule has 0 saturated carbocycles. The van der Waals surface area contributed by atoms with E-state index in [0.717, 1.165) is 3.57 Å². The summed E-state index contributed by atoms with van der Waals surface area (Å²) in [7, 11) is 0. The summed E-state index contributed by atoms with van der Waals surface area (Å²) in [6.07, 6.45) is 0. The highest BCUT2D eigenvalue weighted by atomic mass is 127. The van der Waals surface area contributed by atoms with Crippen LogP contribution in [0.1, 0.15) is 24.2 Å². The first-order chi connectivity index (χ1) is 8.60. The summed E-state index contributed by atoms with van der Waals surface area (Å²) in [5.74, 6) is 0.0613. The molecule has 5 heteroatoms. The number of likely N-dealkylation sites (N-methyl/N-ethyl adjacent to an activating group) is 1. The Bertz CT molecular complexity index is 409. The number of rotatable bonds is 6. The number of benzene rings is 1. The molecule has 0 unspecified atom stereocenters. The third-order valence-corrected chi connectivity index (χ3v) is 3.48. The average Bonchev–Trinajstić information content (AvgIpc) is 2.37. The quantitative estimate of drug-likeness (QED) is 0.624. The molecular formula is C13H18INO3. The lowest BCUT2D eigenvalue weighted by atomic mass is 10.2. The van der Waals surface area contributed by atoms with Gasteiger partial charge in [-0.25, -0.2) is 0 Å². The zero-order valence-corrected chi connectivity index (χ0v) is 12.8. The van der Waals surface area contributed by atoms with Crippen LogP contribution in [-0.4, -0.2) is 42.2 Å². The van der Waals surface area contributed by atoms with Crippen LogP contribution in [0.3, 0.4) is 0 Å². The standard InChI is InChI=1S/C13H18INO3/c1-3-15(7-8-18-4-2)13(17)10-5-6-11(14)12(16)9-10/h5-6,9,16H,3-4,7-8H2,1-2H3. The van der Waals surface area contributed by atoms with Gasteiger partial charge in [-0.3, -0.25) is 4.79 Å². The van der Waals surface area contributed by atoms with Crippen molar-refractivity contribution in [3.8, 4) is 5.75 Å². The molecule has 0 aliphatic rings. The lowest BCUT2D eigenvalue weighted by Gasteiger charge is -2.20. The Morgan fingerprint density at radius 1 is 1.44 bits per heavy atom. The number of carbonyl (C=O) groups excluding carboxylic acids is 1. The minimum atomic E-state index is -0.0797. The minimum Gasteiger partial charge on any atom is -0.507 e. The first kappa shape index (κ1) is 15.2. The molecule has 0 spiro atoms. The monoisotopic (exact) mass is 363 g/mol. The summed E-state index contributed by atoms with van der Waals surface area (Å²) in [4.78, 5) is 13.9. The van der Waals surface area contributed by atoms with Crippen LogP contribution in [0.2, 0.25) is 0 Å². The minimum absolute atomic E-state index is 0.0797. The van der Waals surface area contributed by atoms with Crippen LogP contribution in [0.15, 0.2) is 18.2 Å². The van der Waals surface area contributed by atoms with Crippen molar-refractivity contribution in [2.24, 2.45) is 0 Å². The Morgan fingerprint density at radius 3 is 2.72 bits per heavy atom. The molecule has 1 N–H and O–H groups in total. The normalized spacial score (nSPS) is 10.4. The van der Waals surface area contributed by atoms with Crippen molar-refractivity contribution in [1.29, 1.82) is 0 Å². The highest BCUT2D eigenvalue weighted by Crippen LogP contribution is 2.21. The molecule has 4 nitrogen and oxygen atoms in total. The van der Waals surface area contributed by atoms with E-state index in [2.05, 4.69) is 0 Å². The fraction of sp³-hybridized carbons (Fsp3) is 0.462.